The van der Waals surface area contributed by atoms with E-state index in [0.29, 0.717) is 0 Å². The second kappa shape index (κ2) is 4.59. The van der Waals surface area contributed by atoms with Gasteiger partial charge in [-0.15, -0.1) is 0 Å². The molecule has 0 saturated heterocycles. The number of aryl methyl sites for hydroxylation is 3. The lowest BCUT2D eigenvalue weighted by Crippen LogP contribution is -2.02. The molecule has 0 amide bonds. The zero-order chi connectivity index (χ0) is 14.3. The van der Waals surface area contributed by atoms with Crippen LogP contribution in [0.5, 0.6) is 0 Å². The molecule has 0 aliphatic carbocycles. The second-order valence-electron chi connectivity index (χ2n) is 4.87. The van der Waals surface area contributed by atoms with Crippen LogP contribution in [0.3, 0.4) is 0 Å². The van der Waals surface area contributed by atoms with Crippen LogP contribution in [-0.4, -0.2) is 14.8 Å². The molecule has 0 fully saturated rings. The molecule has 0 bridgehead atoms. The van der Waals surface area contributed by atoms with Crippen LogP contribution < -0.4 is 4.98 Å². The van der Waals surface area contributed by atoms with Gasteiger partial charge in [-0.05, 0) is 38.1 Å². The lowest BCUT2D eigenvalue weighted by Gasteiger charge is -2.08. The Morgan fingerprint density at radius 1 is 1.15 bits per heavy atom. The molecule has 4 nitrogen and oxygen atoms in total. The van der Waals surface area contributed by atoms with Gasteiger partial charge in [0.1, 0.15) is 0 Å². The van der Waals surface area contributed by atoms with Crippen molar-refractivity contribution in [3.63, 3.8) is 0 Å². The number of aromatic nitrogens is 4. The molecule has 0 aliphatic heterocycles. The van der Waals surface area contributed by atoms with Crippen molar-refractivity contribution in [2.45, 2.75) is 20.8 Å². The van der Waals surface area contributed by atoms with Gasteiger partial charge in [-0.25, -0.2) is 9.49 Å². The summed E-state index contributed by atoms with van der Waals surface area (Å²) in [5.41, 5.74) is 3.77. The Hall–Kier alpha value is -2.43. The summed E-state index contributed by atoms with van der Waals surface area (Å²) in [7, 11) is 0. The van der Waals surface area contributed by atoms with Gasteiger partial charge in [-0.2, -0.15) is 0 Å². The van der Waals surface area contributed by atoms with Gasteiger partial charge in [0.25, 0.3) is 0 Å². The lowest BCUT2D eigenvalue weighted by atomic mass is 10.1. The third-order valence-corrected chi connectivity index (χ3v) is 3.10. The topological polar surface area (TPSA) is 44.8 Å². The molecule has 0 radical (unpaired) electrons. The molecule has 0 unspecified atom stereocenters. The number of hydrogen-bond acceptors (Lipinski definition) is 2. The van der Waals surface area contributed by atoms with Gasteiger partial charge in [0, 0.05) is 17.3 Å². The average molecular weight is 269 g/mol. The lowest BCUT2D eigenvalue weighted by molar-refractivity contribution is 0.590. The molecule has 1 aromatic carbocycles. The summed E-state index contributed by atoms with van der Waals surface area (Å²) in [6, 6.07) is 9.45. The zero-order valence-electron chi connectivity index (χ0n) is 11.6. The molecule has 2 heterocycles. The van der Waals surface area contributed by atoms with Gasteiger partial charge in [0.05, 0.1) is 0 Å². The fourth-order valence-electron chi connectivity index (χ4n) is 2.21. The van der Waals surface area contributed by atoms with Crippen molar-refractivity contribution in [3.8, 4) is 17.2 Å². The molecule has 0 aliphatic rings. The van der Waals surface area contributed by atoms with Gasteiger partial charge in [0.2, 0.25) is 0 Å². The summed E-state index contributed by atoms with van der Waals surface area (Å²) >= 11 is 0. The Bertz CT molecular complexity index is 770. The van der Waals surface area contributed by atoms with E-state index in [2.05, 4.69) is 15.1 Å². The van der Waals surface area contributed by atoms with E-state index < -0.39 is 5.95 Å². The van der Waals surface area contributed by atoms with Crippen molar-refractivity contribution in [1.29, 1.82) is 0 Å². The van der Waals surface area contributed by atoms with Gasteiger partial charge in [0.15, 0.2) is 5.95 Å². The van der Waals surface area contributed by atoms with Crippen molar-refractivity contribution in [1.82, 2.24) is 19.7 Å². The van der Waals surface area contributed by atoms with Gasteiger partial charge < -0.3 is 14.6 Å². The minimum Gasteiger partial charge on any atom is -0.354 e. The van der Waals surface area contributed by atoms with Gasteiger partial charge in [-0.3, -0.25) is 0 Å². The number of hydrogen-bond donors (Lipinski definition) is 0. The van der Waals surface area contributed by atoms with E-state index >= 15 is 0 Å². The SMILES string of the molecule is Cc1cccc(-c2[n-]c(-n3nc(C)cc3C)nc2F)c1. The summed E-state index contributed by atoms with van der Waals surface area (Å²) in [6.07, 6.45) is 0. The minimum absolute atomic E-state index is 0.260. The Morgan fingerprint density at radius 2 is 1.95 bits per heavy atom. The predicted molar refractivity (Wildman–Crippen MR) is 74.3 cm³/mol. The molecule has 102 valence electrons. The maximum absolute atomic E-state index is 14.0. The fraction of sp³-hybridized carbons (Fsp3) is 0.200. The first kappa shape index (κ1) is 12.6. The van der Waals surface area contributed by atoms with Crippen molar-refractivity contribution < 1.29 is 4.39 Å². The Labute approximate surface area is 116 Å². The van der Waals surface area contributed by atoms with E-state index in [4.69, 9.17) is 0 Å². The van der Waals surface area contributed by atoms with E-state index in [1.165, 1.54) is 0 Å². The van der Waals surface area contributed by atoms with Crippen LogP contribution in [0.25, 0.3) is 17.2 Å². The average Bonchev–Trinajstić information content (AvgIpc) is 2.92. The maximum atomic E-state index is 14.0. The smallest absolute Gasteiger partial charge is 0.156 e. The normalized spacial score (nSPS) is 11.0. The summed E-state index contributed by atoms with van der Waals surface area (Å²) < 4.78 is 15.6. The first-order valence-electron chi connectivity index (χ1n) is 6.35. The minimum atomic E-state index is -0.571. The predicted octanol–water partition coefficient (Wildman–Crippen LogP) is 2.96. The fourth-order valence-corrected chi connectivity index (χ4v) is 2.21. The summed E-state index contributed by atoms with van der Waals surface area (Å²) in [4.78, 5) is 8.16. The molecular formula is C15H14FN4-. The van der Waals surface area contributed by atoms with E-state index in [-0.39, 0.29) is 11.6 Å². The molecule has 5 heteroatoms. The maximum Gasteiger partial charge on any atom is 0.156 e. The molecule has 0 saturated carbocycles. The van der Waals surface area contributed by atoms with Crippen molar-refractivity contribution in [3.05, 3.63) is 53.2 Å². The third-order valence-electron chi connectivity index (χ3n) is 3.10. The number of halogens is 1. The highest BCUT2D eigenvalue weighted by molar-refractivity contribution is 5.60. The van der Waals surface area contributed by atoms with Crippen LogP contribution >= 0.6 is 0 Å². The van der Waals surface area contributed by atoms with Crippen LogP contribution in [-0.2, 0) is 0 Å². The molecule has 20 heavy (non-hydrogen) atoms. The van der Waals surface area contributed by atoms with Crippen LogP contribution in [0.1, 0.15) is 17.0 Å². The highest BCUT2D eigenvalue weighted by Gasteiger charge is 2.07. The van der Waals surface area contributed by atoms with Gasteiger partial charge in [-0.1, -0.05) is 29.8 Å². The molecule has 0 spiro atoms. The van der Waals surface area contributed by atoms with Crippen molar-refractivity contribution in [2.24, 2.45) is 0 Å². The number of benzene rings is 1. The zero-order valence-corrected chi connectivity index (χ0v) is 11.6. The Kier molecular flexibility index (Phi) is 2.89. The summed E-state index contributed by atoms with van der Waals surface area (Å²) in [6.45, 7) is 5.73. The molecule has 3 aromatic rings. The molecule has 0 N–H and O–H groups in total. The first-order chi connectivity index (χ1) is 9.54. The van der Waals surface area contributed by atoms with Crippen LogP contribution in [0.15, 0.2) is 30.3 Å². The van der Waals surface area contributed by atoms with Crippen LogP contribution in [0.2, 0.25) is 0 Å². The number of rotatable bonds is 2. The molecule has 2 aromatic heterocycles. The van der Waals surface area contributed by atoms with Crippen LogP contribution in [0, 0.1) is 26.7 Å². The molecule has 0 atom stereocenters. The summed E-state index contributed by atoms with van der Waals surface area (Å²) in [5, 5.41) is 4.27. The van der Waals surface area contributed by atoms with E-state index in [1.54, 1.807) is 4.68 Å². The molecule has 3 rings (SSSR count). The largest absolute Gasteiger partial charge is 0.354 e. The standard InChI is InChI=1S/C15H14FN4/c1-9-5-4-6-12(7-9)13-14(16)18-15(17-13)20-11(3)8-10(2)19-20/h4-8H,1-3H3/q-1. The monoisotopic (exact) mass is 269 g/mol. The quantitative estimate of drug-likeness (QED) is 0.718. The van der Waals surface area contributed by atoms with E-state index in [0.717, 1.165) is 22.5 Å². The van der Waals surface area contributed by atoms with Crippen molar-refractivity contribution >= 4 is 0 Å². The van der Waals surface area contributed by atoms with E-state index in [9.17, 15) is 4.39 Å². The highest BCUT2D eigenvalue weighted by Crippen LogP contribution is 2.22. The highest BCUT2D eigenvalue weighted by atomic mass is 19.1. The first-order valence-corrected chi connectivity index (χ1v) is 6.35. The van der Waals surface area contributed by atoms with E-state index in [1.807, 2.05) is 51.1 Å². The third kappa shape index (κ3) is 2.11. The van der Waals surface area contributed by atoms with Crippen LogP contribution in [0.4, 0.5) is 4.39 Å². The second-order valence-corrected chi connectivity index (χ2v) is 4.87. The van der Waals surface area contributed by atoms with Crippen molar-refractivity contribution in [2.75, 3.05) is 0 Å². The number of imidazole rings is 1. The Morgan fingerprint density at radius 3 is 2.60 bits per heavy atom. The van der Waals surface area contributed by atoms with Gasteiger partial charge >= 0.3 is 0 Å². The summed E-state index contributed by atoms with van der Waals surface area (Å²) in [5.74, 6) is -0.303. The Balaban J connectivity index is 2.10. The molecular weight excluding hydrogens is 255 g/mol. The number of nitrogens with zero attached hydrogens (tertiary/aromatic N) is 4.